The van der Waals surface area contributed by atoms with Gasteiger partial charge in [0.25, 0.3) is 0 Å². The third-order valence-electron chi connectivity index (χ3n) is 3.58. The Morgan fingerprint density at radius 1 is 1.14 bits per heavy atom. The molecule has 1 saturated heterocycles. The molecule has 0 unspecified atom stereocenters. The lowest BCUT2D eigenvalue weighted by atomic mass is 10.0. The molecule has 1 aromatic carbocycles. The molecule has 1 aromatic heterocycles. The number of hydrogen-bond acceptors (Lipinski definition) is 3. The molecular weight excluding hydrogens is 330 g/mol. The van der Waals surface area contributed by atoms with Crippen LogP contribution in [-0.4, -0.2) is 31.1 Å². The molecule has 3 rings (SSSR count). The van der Waals surface area contributed by atoms with Gasteiger partial charge in [-0.05, 0) is 35.9 Å². The summed E-state index contributed by atoms with van der Waals surface area (Å²) in [6, 6.07) is 8.63. The lowest BCUT2D eigenvalue weighted by Gasteiger charge is -2.34. The largest absolute Gasteiger partial charge is 0.314 e. The molecule has 0 radical (unpaired) electrons. The number of piperazine rings is 1. The first-order chi connectivity index (χ1) is 10.1. The van der Waals surface area contributed by atoms with E-state index in [0.717, 1.165) is 41.0 Å². The highest BCUT2D eigenvalue weighted by molar-refractivity contribution is 7.16. The maximum atomic E-state index is 13.7. The summed E-state index contributed by atoms with van der Waals surface area (Å²) in [6.07, 6.45) is 0. The lowest BCUT2D eigenvalue weighted by molar-refractivity contribution is 0.200. The van der Waals surface area contributed by atoms with Crippen LogP contribution in [0.15, 0.2) is 30.3 Å². The Bertz CT molecular complexity index is 606. The molecule has 2 nitrogen and oxygen atoms in total. The molecule has 2 aromatic rings. The van der Waals surface area contributed by atoms with Gasteiger partial charge in [-0.15, -0.1) is 11.3 Å². The van der Waals surface area contributed by atoms with Crippen molar-refractivity contribution in [1.29, 1.82) is 0 Å². The average molecular weight is 345 g/mol. The fourth-order valence-electron chi connectivity index (χ4n) is 2.70. The first kappa shape index (κ1) is 15.3. The van der Waals surface area contributed by atoms with Crippen LogP contribution in [0.3, 0.4) is 0 Å². The fourth-order valence-corrected chi connectivity index (χ4v) is 4.16. The SMILES string of the molecule is Fc1cc(Cl)cc([C@H](c2ccc(Cl)s2)N2CCNCC2)c1. The van der Waals surface area contributed by atoms with Crippen molar-refractivity contribution in [2.75, 3.05) is 26.2 Å². The predicted molar refractivity (Wildman–Crippen MR) is 87.0 cm³/mol. The van der Waals surface area contributed by atoms with Crippen LogP contribution in [-0.2, 0) is 0 Å². The van der Waals surface area contributed by atoms with Gasteiger partial charge in [-0.25, -0.2) is 4.39 Å². The number of hydrogen-bond donors (Lipinski definition) is 1. The Kier molecular flexibility index (Phi) is 4.82. The minimum Gasteiger partial charge on any atom is -0.314 e. The number of benzene rings is 1. The van der Waals surface area contributed by atoms with Gasteiger partial charge in [0.1, 0.15) is 5.82 Å². The second-order valence-electron chi connectivity index (χ2n) is 5.03. The molecule has 2 heterocycles. The summed E-state index contributed by atoms with van der Waals surface area (Å²) in [5.41, 5.74) is 0.875. The number of thiophene rings is 1. The number of nitrogens with zero attached hydrogens (tertiary/aromatic N) is 1. The van der Waals surface area contributed by atoms with Crippen LogP contribution in [0.4, 0.5) is 4.39 Å². The van der Waals surface area contributed by atoms with Crippen molar-refractivity contribution >= 4 is 34.5 Å². The fraction of sp³-hybridized carbons (Fsp3) is 0.333. The average Bonchev–Trinajstić information content (AvgIpc) is 2.85. The van der Waals surface area contributed by atoms with Gasteiger partial charge < -0.3 is 5.32 Å². The van der Waals surface area contributed by atoms with Crippen molar-refractivity contribution in [1.82, 2.24) is 10.2 Å². The number of halogens is 3. The van der Waals surface area contributed by atoms with Crippen LogP contribution in [0.5, 0.6) is 0 Å². The monoisotopic (exact) mass is 344 g/mol. The van der Waals surface area contributed by atoms with E-state index in [0.29, 0.717) is 5.02 Å². The zero-order valence-corrected chi connectivity index (χ0v) is 13.6. The van der Waals surface area contributed by atoms with Gasteiger partial charge in [0, 0.05) is 36.1 Å². The van der Waals surface area contributed by atoms with E-state index in [9.17, 15) is 4.39 Å². The molecular formula is C15H15Cl2FN2S. The lowest BCUT2D eigenvalue weighted by Crippen LogP contribution is -2.45. The molecule has 112 valence electrons. The van der Waals surface area contributed by atoms with E-state index >= 15 is 0 Å². The molecule has 1 aliphatic heterocycles. The summed E-state index contributed by atoms with van der Waals surface area (Å²) < 4.78 is 14.5. The highest BCUT2D eigenvalue weighted by Crippen LogP contribution is 2.36. The van der Waals surface area contributed by atoms with Crippen LogP contribution >= 0.6 is 34.5 Å². The molecule has 0 saturated carbocycles. The first-order valence-electron chi connectivity index (χ1n) is 6.79. The Morgan fingerprint density at radius 2 is 1.90 bits per heavy atom. The van der Waals surface area contributed by atoms with E-state index in [4.69, 9.17) is 23.2 Å². The van der Waals surface area contributed by atoms with E-state index in [1.165, 1.54) is 17.4 Å². The maximum absolute atomic E-state index is 13.7. The van der Waals surface area contributed by atoms with Crippen LogP contribution in [0.25, 0.3) is 0 Å². The summed E-state index contributed by atoms with van der Waals surface area (Å²) in [4.78, 5) is 3.45. The van der Waals surface area contributed by atoms with Crippen molar-refractivity contribution in [2.24, 2.45) is 0 Å². The zero-order valence-electron chi connectivity index (χ0n) is 11.3. The van der Waals surface area contributed by atoms with Crippen LogP contribution in [0, 0.1) is 5.82 Å². The molecule has 1 aliphatic rings. The van der Waals surface area contributed by atoms with Gasteiger partial charge in [0.2, 0.25) is 0 Å². The van der Waals surface area contributed by atoms with Crippen LogP contribution in [0.1, 0.15) is 16.5 Å². The summed E-state index contributed by atoms with van der Waals surface area (Å²) in [7, 11) is 0. The van der Waals surface area contributed by atoms with Crippen molar-refractivity contribution in [2.45, 2.75) is 6.04 Å². The standard InChI is InChI=1S/C15H15Cl2FN2S/c16-11-7-10(8-12(18)9-11)15(13-1-2-14(17)21-13)20-5-3-19-4-6-20/h1-2,7-9,15,19H,3-6H2/t15-/m1/s1. The maximum Gasteiger partial charge on any atom is 0.125 e. The minimum atomic E-state index is -0.305. The number of nitrogens with one attached hydrogen (secondary N) is 1. The molecule has 6 heteroatoms. The first-order valence-corrected chi connectivity index (χ1v) is 8.37. The molecule has 0 spiro atoms. The van der Waals surface area contributed by atoms with E-state index in [-0.39, 0.29) is 11.9 Å². The molecule has 1 atom stereocenters. The molecule has 1 fully saturated rings. The Morgan fingerprint density at radius 3 is 2.52 bits per heavy atom. The molecule has 0 amide bonds. The molecule has 0 bridgehead atoms. The normalized spacial score (nSPS) is 17.9. The topological polar surface area (TPSA) is 15.3 Å². The highest BCUT2D eigenvalue weighted by atomic mass is 35.5. The van der Waals surface area contributed by atoms with Crippen molar-refractivity contribution in [3.05, 3.63) is 55.9 Å². The highest BCUT2D eigenvalue weighted by Gasteiger charge is 2.26. The van der Waals surface area contributed by atoms with Crippen molar-refractivity contribution in [3.63, 3.8) is 0 Å². The van der Waals surface area contributed by atoms with Crippen molar-refractivity contribution < 1.29 is 4.39 Å². The summed E-state index contributed by atoms with van der Waals surface area (Å²) in [6.45, 7) is 3.68. The molecule has 21 heavy (non-hydrogen) atoms. The Balaban J connectivity index is 2.02. The van der Waals surface area contributed by atoms with Crippen LogP contribution < -0.4 is 5.32 Å². The summed E-state index contributed by atoms with van der Waals surface area (Å²) in [5.74, 6) is -0.305. The minimum absolute atomic E-state index is 0.00204. The molecule has 0 aliphatic carbocycles. The van der Waals surface area contributed by atoms with E-state index in [1.807, 2.05) is 18.2 Å². The quantitative estimate of drug-likeness (QED) is 0.897. The zero-order chi connectivity index (χ0) is 14.8. The second kappa shape index (κ2) is 6.63. The van der Waals surface area contributed by atoms with E-state index in [1.54, 1.807) is 6.07 Å². The third-order valence-corrected chi connectivity index (χ3v) is 5.08. The summed E-state index contributed by atoms with van der Waals surface area (Å²) >= 11 is 13.6. The van der Waals surface area contributed by atoms with E-state index < -0.39 is 0 Å². The summed E-state index contributed by atoms with van der Waals surface area (Å²) in [5, 5.41) is 3.76. The van der Waals surface area contributed by atoms with Gasteiger partial charge in [0.15, 0.2) is 0 Å². The van der Waals surface area contributed by atoms with Gasteiger partial charge in [0.05, 0.1) is 10.4 Å². The number of rotatable bonds is 3. The van der Waals surface area contributed by atoms with Crippen molar-refractivity contribution in [3.8, 4) is 0 Å². The van der Waals surface area contributed by atoms with E-state index in [2.05, 4.69) is 10.2 Å². The van der Waals surface area contributed by atoms with Gasteiger partial charge in [-0.1, -0.05) is 23.2 Å². The Labute approximate surface area is 137 Å². The smallest absolute Gasteiger partial charge is 0.125 e. The van der Waals surface area contributed by atoms with Crippen LogP contribution in [0.2, 0.25) is 9.36 Å². The Hall–Kier alpha value is -0.650. The van der Waals surface area contributed by atoms with Gasteiger partial charge in [-0.2, -0.15) is 0 Å². The second-order valence-corrected chi connectivity index (χ2v) is 7.22. The molecule has 1 N–H and O–H groups in total. The third kappa shape index (κ3) is 3.58. The van der Waals surface area contributed by atoms with Gasteiger partial charge >= 0.3 is 0 Å². The predicted octanol–water partition coefficient (Wildman–Crippen LogP) is 4.19. The van der Waals surface area contributed by atoms with Gasteiger partial charge in [-0.3, -0.25) is 4.90 Å².